The van der Waals surface area contributed by atoms with Crippen molar-refractivity contribution in [2.24, 2.45) is 5.92 Å². The molecule has 0 unspecified atom stereocenters. The molecular formula is C24H28ClN3O6. The van der Waals surface area contributed by atoms with Crippen LogP contribution in [0, 0.1) is 16.0 Å². The highest BCUT2D eigenvalue weighted by atomic mass is 35.5. The molecule has 2 amide bonds. The molecule has 0 aliphatic carbocycles. The second-order valence-electron chi connectivity index (χ2n) is 8.47. The third-order valence-corrected chi connectivity index (χ3v) is 5.79. The lowest BCUT2D eigenvalue weighted by molar-refractivity contribution is -0.384. The molecule has 1 aliphatic heterocycles. The van der Waals surface area contributed by atoms with Gasteiger partial charge in [0.05, 0.1) is 22.1 Å². The summed E-state index contributed by atoms with van der Waals surface area (Å²) in [6.45, 7) is 8.17. The molecule has 0 saturated carbocycles. The number of nitro groups is 1. The van der Waals surface area contributed by atoms with Crippen LogP contribution in [0.15, 0.2) is 30.3 Å². The van der Waals surface area contributed by atoms with Crippen LogP contribution in [-0.2, 0) is 17.8 Å². The van der Waals surface area contributed by atoms with Gasteiger partial charge in [0.25, 0.3) is 11.6 Å². The molecule has 182 valence electrons. The Morgan fingerprint density at radius 1 is 1.29 bits per heavy atom. The molecule has 0 spiro atoms. The minimum atomic E-state index is -0.847. The lowest BCUT2D eigenvalue weighted by Crippen LogP contribution is -2.49. The minimum absolute atomic E-state index is 0.0502. The summed E-state index contributed by atoms with van der Waals surface area (Å²) >= 11 is 6.06. The number of non-ortho nitro benzene ring substituents is 1. The summed E-state index contributed by atoms with van der Waals surface area (Å²) in [6.07, 6.45) is 0.885. The summed E-state index contributed by atoms with van der Waals surface area (Å²) in [7, 11) is 0. The zero-order valence-electron chi connectivity index (χ0n) is 19.5. The van der Waals surface area contributed by atoms with Gasteiger partial charge in [-0.3, -0.25) is 19.7 Å². The van der Waals surface area contributed by atoms with Crippen molar-refractivity contribution in [1.29, 1.82) is 0 Å². The van der Waals surface area contributed by atoms with Gasteiger partial charge < -0.3 is 20.1 Å². The predicted octanol–water partition coefficient (Wildman–Crippen LogP) is 4.04. The molecule has 0 fully saturated rings. The van der Waals surface area contributed by atoms with Gasteiger partial charge in [-0.05, 0) is 38.0 Å². The molecule has 2 atom stereocenters. The van der Waals surface area contributed by atoms with E-state index in [1.54, 1.807) is 13.8 Å². The van der Waals surface area contributed by atoms with Crippen LogP contribution in [0.4, 0.5) is 5.69 Å². The van der Waals surface area contributed by atoms with E-state index in [0.29, 0.717) is 12.4 Å². The molecule has 34 heavy (non-hydrogen) atoms. The average Bonchev–Trinajstić information content (AvgIpc) is 3.14. The van der Waals surface area contributed by atoms with Crippen molar-refractivity contribution in [2.45, 2.75) is 52.8 Å². The lowest BCUT2D eigenvalue weighted by atomic mass is 10.0. The zero-order valence-corrected chi connectivity index (χ0v) is 20.3. The van der Waals surface area contributed by atoms with Crippen LogP contribution in [0.25, 0.3) is 0 Å². The third-order valence-electron chi connectivity index (χ3n) is 5.48. The summed E-state index contributed by atoms with van der Waals surface area (Å²) in [6, 6.07) is 6.54. The monoisotopic (exact) mass is 489 g/mol. The average molecular weight is 490 g/mol. The van der Waals surface area contributed by atoms with Crippen molar-refractivity contribution in [3.63, 3.8) is 0 Å². The van der Waals surface area contributed by atoms with Crippen molar-refractivity contribution >= 4 is 29.1 Å². The quantitative estimate of drug-likeness (QED) is 0.405. The van der Waals surface area contributed by atoms with Crippen molar-refractivity contribution in [3.05, 3.63) is 62.2 Å². The van der Waals surface area contributed by atoms with E-state index in [1.807, 2.05) is 26.0 Å². The van der Waals surface area contributed by atoms with E-state index in [-0.39, 0.29) is 40.7 Å². The molecule has 1 heterocycles. The van der Waals surface area contributed by atoms with Gasteiger partial charge in [0.1, 0.15) is 23.6 Å². The Bertz CT molecular complexity index is 1100. The number of hydrogen-bond donors (Lipinski definition) is 2. The molecular weight excluding hydrogens is 462 g/mol. The van der Waals surface area contributed by atoms with Gasteiger partial charge in [0, 0.05) is 36.2 Å². The number of amides is 2. The number of ether oxygens (including phenoxy) is 2. The second kappa shape index (κ2) is 10.7. The van der Waals surface area contributed by atoms with Crippen LogP contribution in [0.3, 0.4) is 0 Å². The highest BCUT2D eigenvalue weighted by Crippen LogP contribution is 2.35. The van der Waals surface area contributed by atoms with E-state index in [9.17, 15) is 19.7 Å². The Balaban J connectivity index is 1.72. The first-order valence-corrected chi connectivity index (χ1v) is 11.5. The van der Waals surface area contributed by atoms with Gasteiger partial charge in [-0.15, -0.1) is 0 Å². The van der Waals surface area contributed by atoms with E-state index in [0.717, 1.165) is 29.4 Å². The number of halogens is 1. The summed E-state index contributed by atoms with van der Waals surface area (Å²) in [5.74, 6) is 0.266. The highest BCUT2D eigenvalue weighted by molar-refractivity contribution is 6.34. The Morgan fingerprint density at radius 2 is 2.03 bits per heavy atom. The summed E-state index contributed by atoms with van der Waals surface area (Å²) < 4.78 is 11.6. The fraction of sp³-hybridized carbons (Fsp3) is 0.417. The Labute approximate surface area is 202 Å². The van der Waals surface area contributed by atoms with Gasteiger partial charge in [-0.2, -0.15) is 0 Å². The molecule has 0 bridgehead atoms. The lowest BCUT2D eigenvalue weighted by Gasteiger charge is -2.22. The zero-order chi connectivity index (χ0) is 25.0. The Hall–Kier alpha value is -3.33. The number of rotatable bonds is 9. The number of nitro benzene ring substituents is 1. The number of nitrogens with zero attached hydrogens (tertiary/aromatic N) is 1. The maximum Gasteiger partial charge on any atom is 0.270 e. The number of nitrogens with one attached hydrogen (secondary N) is 2. The number of benzene rings is 2. The maximum atomic E-state index is 13.0. The van der Waals surface area contributed by atoms with Crippen LogP contribution < -0.4 is 20.1 Å². The summed E-state index contributed by atoms with van der Waals surface area (Å²) in [5, 5.41) is 16.4. The van der Waals surface area contributed by atoms with Crippen molar-refractivity contribution in [2.75, 3.05) is 6.61 Å². The molecule has 10 heteroatoms. The molecule has 2 N–H and O–H groups in total. The fourth-order valence-electron chi connectivity index (χ4n) is 3.76. The topological polar surface area (TPSA) is 120 Å². The van der Waals surface area contributed by atoms with Crippen LogP contribution in [0.5, 0.6) is 11.5 Å². The van der Waals surface area contributed by atoms with E-state index in [4.69, 9.17) is 21.1 Å². The Morgan fingerprint density at radius 3 is 2.65 bits per heavy atom. The number of carbonyl (C=O) groups is 2. The van der Waals surface area contributed by atoms with Crippen LogP contribution >= 0.6 is 11.6 Å². The smallest absolute Gasteiger partial charge is 0.270 e. The largest absolute Gasteiger partial charge is 0.494 e. The van der Waals surface area contributed by atoms with Crippen LogP contribution in [-0.4, -0.2) is 35.5 Å². The van der Waals surface area contributed by atoms with Gasteiger partial charge >= 0.3 is 0 Å². The SMILES string of the molecule is CCOc1cc2c(cc1CNC(=O)[C@@H](NC(=O)c1ccc([N+](=O)[O-])cc1Cl)C(C)C)O[C@@H](C)C2. The first-order chi connectivity index (χ1) is 16.1. The van der Waals surface area contributed by atoms with Gasteiger partial charge in [-0.25, -0.2) is 0 Å². The molecule has 2 aromatic rings. The second-order valence-corrected chi connectivity index (χ2v) is 8.87. The first-order valence-electron chi connectivity index (χ1n) is 11.1. The first kappa shape index (κ1) is 25.3. The maximum absolute atomic E-state index is 13.0. The van der Waals surface area contributed by atoms with E-state index in [2.05, 4.69) is 10.6 Å². The molecule has 2 aromatic carbocycles. The Kier molecular flexibility index (Phi) is 7.98. The van der Waals surface area contributed by atoms with Crippen molar-refractivity contribution in [3.8, 4) is 11.5 Å². The highest BCUT2D eigenvalue weighted by Gasteiger charge is 2.27. The van der Waals surface area contributed by atoms with Gasteiger partial charge in [-0.1, -0.05) is 25.4 Å². The standard InChI is InChI=1S/C24H28ClN3O6/c1-5-33-20-9-15-8-14(4)34-21(15)10-16(20)12-26-24(30)22(13(2)3)27-23(29)18-7-6-17(28(31)32)11-19(18)25/h6-7,9-11,13-14,22H,5,8,12H2,1-4H3,(H,26,30)(H,27,29)/t14-,22-/m0/s1. The van der Waals surface area contributed by atoms with Crippen molar-refractivity contribution in [1.82, 2.24) is 10.6 Å². The molecule has 0 radical (unpaired) electrons. The number of carbonyl (C=O) groups excluding carboxylic acids is 2. The molecule has 9 nitrogen and oxygen atoms in total. The summed E-state index contributed by atoms with van der Waals surface area (Å²) in [4.78, 5) is 36.0. The fourth-order valence-corrected chi connectivity index (χ4v) is 4.02. The van der Waals surface area contributed by atoms with Crippen LogP contribution in [0.2, 0.25) is 5.02 Å². The molecule has 1 aliphatic rings. The predicted molar refractivity (Wildman–Crippen MR) is 127 cm³/mol. The van der Waals surface area contributed by atoms with Crippen molar-refractivity contribution < 1.29 is 24.0 Å². The summed E-state index contributed by atoms with van der Waals surface area (Å²) in [5.41, 5.74) is 1.67. The molecule has 0 saturated heterocycles. The van der Waals surface area contributed by atoms with E-state index >= 15 is 0 Å². The van der Waals surface area contributed by atoms with Crippen LogP contribution in [0.1, 0.15) is 49.2 Å². The molecule has 0 aromatic heterocycles. The molecule has 3 rings (SSSR count). The van der Waals surface area contributed by atoms with Gasteiger partial charge in [0.15, 0.2) is 0 Å². The number of hydrogen-bond acceptors (Lipinski definition) is 6. The minimum Gasteiger partial charge on any atom is -0.494 e. The van der Waals surface area contributed by atoms with E-state index in [1.165, 1.54) is 12.1 Å². The van der Waals surface area contributed by atoms with Gasteiger partial charge in [0.2, 0.25) is 5.91 Å². The van der Waals surface area contributed by atoms with E-state index < -0.39 is 16.9 Å². The number of fused-ring (bicyclic) bond motifs is 1. The third kappa shape index (κ3) is 5.77. The normalized spacial score (nSPS) is 15.3.